The molecule has 556 valence electrons. The summed E-state index contributed by atoms with van der Waals surface area (Å²) < 4.78 is 57.8. The molecule has 1 atom stereocenters. The van der Waals surface area contributed by atoms with Crippen molar-refractivity contribution in [1.82, 2.24) is 4.98 Å². The van der Waals surface area contributed by atoms with Gasteiger partial charge in [0.1, 0.15) is 41.0 Å². The molecule has 0 bridgehead atoms. The Balaban J connectivity index is 0.000000314. The fraction of sp³-hybridized carbons (Fsp3) is 0.415. The maximum atomic E-state index is 13.4. The van der Waals surface area contributed by atoms with Gasteiger partial charge in [-0.3, -0.25) is 0 Å². The van der Waals surface area contributed by atoms with Crippen molar-refractivity contribution in [3.05, 3.63) is 254 Å². The molecule has 0 aliphatic rings. The Kier molecular flexibility index (Phi) is 37.7. The molecule has 103 heavy (non-hydrogen) atoms. The van der Waals surface area contributed by atoms with Crippen LogP contribution in [0.2, 0.25) is 0 Å². The summed E-state index contributed by atoms with van der Waals surface area (Å²) in [5.41, 5.74) is 21.0. The molecule has 0 amide bonds. The maximum absolute atomic E-state index is 13.4. The number of aromatic nitrogens is 1. The highest BCUT2D eigenvalue weighted by Crippen LogP contribution is 2.36. The van der Waals surface area contributed by atoms with E-state index in [4.69, 9.17) is 34.8 Å². The molecule has 0 saturated heterocycles. The Morgan fingerprint density at radius 2 is 0.806 bits per heavy atom. The van der Waals surface area contributed by atoms with Crippen molar-refractivity contribution in [1.29, 1.82) is 0 Å². The second-order valence-electron chi connectivity index (χ2n) is 29.3. The van der Waals surface area contributed by atoms with Gasteiger partial charge in [0.2, 0.25) is 6.36 Å². The molecule has 0 fully saturated rings. The molecule has 0 aliphatic carbocycles. The van der Waals surface area contributed by atoms with Gasteiger partial charge in [-0.2, -0.15) is 0 Å². The van der Waals surface area contributed by atoms with Gasteiger partial charge in [0, 0.05) is 24.2 Å². The van der Waals surface area contributed by atoms with E-state index in [9.17, 15) is 8.78 Å². The Morgan fingerprint density at radius 3 is 1.21 bits per heavy atom. The summed E-state index contributed by atoms with van der Waals surface area (Å²) in [6, 6.07) is 58.0. The summed E-state index contributed by atoms with van der Waals surface area (Å²) in [4.78, 5) is 4.24. The molecule has 0 saturated carbocycles. The predicted octanol–water partition coefficient (Wildman–Crippen LogP) is 26.9. The molecule has 0 N–H and O–H groups in total. The van der Waals surface area contributed by atoms with Gasteiger partial charge in [-0.25, -0.2) is 13.8 Å². The molecular formula is C94H125F2NO6. The van der Waals surface area contributed by atoms with Gasteiger partial charge in [0.25, 0.3) is 0 Å². The summed E-state index contributed by atoms with van der Waals surface area (Å²) in [5, 5.41) is 0. The van der Waals surface area contributed by atoms with Gasteiger partial charge in [-0.05, 0) is 210 Å². The second kappa shape index (κ2) is 43.9. The van der Waals surface area contributed by atoms with Gasteiger partial charge in [0.05, 0.1) is 28.4 Å². The molecule has 0 aliphatic heterocycles. The Morgan fingerprint density at radius 1 is 0.379 bits per heavy atom. The number of para-hydroxylation sites is 4. The average Bonchev–Trinajstić information content (AvgIpc) is 0.828. The highest BCUT2D eigenvalue weighted by Gasteiger charge is 2.19. The van der Waals surface area contributed by atoms with Crippen LogP contribution in [0, 0.1) is 47.0 Å². The summed E-state index contributed by atoms with van der Waals surface area (Å²) in [7, 11) is 6.77. The summed E-state index contributed by atoms with van der Waals surface area (Å²) in [6.07, 6.45) is 5.90. The van der Waals surface area contributed by atoms with E-state index in [1.165, 1.54) is 98.7 Å². The Hall–Kier alpha value is -8.87. The minimum Gasteiger partial charge on any atom is -0.496 e. The minimum atomic E-state index is -1.35. The number of pyridine rings is 1. The van der Waals surface area contributed by atoms with Crippen LogP contribution in [0.1, 0.15) is 257 Å². The molecule has 9 rings (SSSR count). The number of terminal acetylenes is 1. The van der Waals surface area contributed by atoms with Crippen LogP contribution in [0.4, 0.5) is 8.78 Å². The third-order valence-electron chi connectivity index (χ3n) is 17.4. The van der Waals surface area contributed by atoms with Gasteiger partial charge < -0.3 is 28.4 Å². The molecule has 9 aromatic rings. The number of alkyl halides is 2. The van der Waals surface area contributed by atoms with E-state index >= 15 is 0 Å². The molecule has 9 heteroatoms. The molecule has 1 unspecified atom stereocenters. The van der Waals surface area contributed by atoms with Crippen molar-refractivity contribution in [3.63, 3.8) is 0 Å². The van der Waals surface area contributed by atoms with E-state index in [0.29, 0.717) is 70.3 Å². The summed E-state index contributed by atoms with van der Waals surface area (Å²) >= 11 is 0. The van der Waals surface area contributed by atoms with Gasteiger partial charge >= 0.3 is 0 Å². The van der Waals surface area contributed by atoms with Crippen molar-refractivity contribution in [2.75, 3.05) is 35.0 Å². The van der Waals surface area contributed by atoms with Crippen LogP contribution in [-0.4, -0.2) is 52.1 Å². The number of aryl methyl sites for hydroxylation is 5. The zero-order chi connectivity index (χ0) is 77.4. The standard InChI is InChI=1S/C17H17N.C17H20O.C14H21FO2.C13H20.C11H15FO.2C11H16O/c1-5-16-8-6-15(11-18-16)17-9-7-14(12(2)3)10-13(17)4;1-12(2)14-9-10-15(13(3)11-14)16-7-5-6-8-17(16)18-4;1-10(2)11-6-7-12(13(8-11)16-5)17-9-14(3,4)15;1-9(2)12-7-6-11(5)13(8-12)10(3)4;1-8(2)10-6-4-5-7-11(10)13-9(3)12;2*1-8(2)10-7-5-6-9(3)11(10)12-4/h1,6-12H,2-4H3;5-12H,1-4H3;6-8,10H,9H2,1-5H3;6-10H,1-5H3;4-9H,1-3H3;2*5-8H,1-4H3. The quantitative estimate of drug-likeness (QED) is 0.0747. The SMILES string of the molecule is C#Cc1ccc(-c2ccc(C(C)C)cc2C)cn1.CC(F)Oc1ccccc1C(C)C.COc1c(C)cccc1C(C)C.COc1c(C)cccc1C(C)C.COc1cc(C(C)C)ccc1OCC(C)(C)F.COc1ccccc1-c1ccc(C(C)C)cc1C.Cc1ccc(C(C)C)cc1C(C)C. The molecule has 7 nitrogen and oxygen atoms in total. The highest BCUT2D eigenvalue weighted by atomic mass is 19.1. The fourth-order valence-electron chi connectivity index (χ4n) is 11.3. The van der Waals surface area contributed by atoms with Crippen LogP contribution in [-0.2, 0) is 0 Å². The number of hydrogen-bond acceptors (Lipinski definition) is 7. The number of benzene rings is 8. The third kappa shape index (κ3) is 29.1. The van der Waals surface area contributed by atoms with E-state index in [0.717, 1.165) is 33.9 Å². The number of rotatable bonds is 19. The molecule has 0 spiro atoms. The van der Waals surface area contributed by atoms with E-state index in [-0.39, 0.29) is 6.61 Å². The number of methoxy groups -OCH3 is 4. The number of nitrogens with zero attached hydrogens (tertiary/aromatic N) is 1. The lowest BCUT2D eigenvalue weighted by Crippen LogP contribution is -2.22. The monoisotopic (exact) mass is 1400 g/mol. The fourth-order valence-corrected chi connectivity index (χ4v) is 11.3. The Bertz CT molecular complexity index is 3950. The lowest BCUT2D eigenvalue weighted by atomic mass is 9.92. The normalized spacial score (nSPS) is 11.1. The molecule has 8 aromatic carbocycles. The Labute approximate surface area is 622 Å². The van der Waals surface area contributed by atoms with E-state index in [1.807, 2.05) is 72.9 Å². The van der Waals surface area contributed by atoms with Crippen molar-refractivity contribution in [2.24, 2.45) is 0 Å². The van der Waals surface area contributed by atoms with Crippen LogP contribution in [0.15, 0.2) is 176 Å². The third-order valence-corrected chi connectivity index (χ3v) is 17.4. The topological polar surface area (TPSA) is 68.3 Å². The van der Waals surface area contributed by atoms with Crippen molar-refractivity contribution in [2.45, 2.75) is 226 Å². The number of halogens is 2. The first-order chi connectivity index (χ1) is 48.5. The molecule has 0 radical (unpaired) electrons. The lowest BCUT2D eigenvalue weighted by Gasteiger charge is -2.18. The first kappa shape index (κ1) is 88.3. The van der Waals surface area contributed by atoms with Gasteiger partial charge in [0.15, 0.2) is 11.5 Å². The summed E-state index contributed by atoms with van der Waals surface area (Å²) in [6.45, 7) is 49.9. The molecule has 1 aromatic heterocycles. The largest absolute Gasteiger partial charge is 0.496 e. The maximum Gasteiger partial charge on any atom is 0.235 e. The second-order valence-corrected chi connectivity index (χ2v) is 29.3. The zero-order valence-electron chi connectivity index (χ0n) is 67.9. The van der Waals surface area contributed by atoms with Crippen LogP contribution in [0.5, 0.6) is 34.5 Å². The molecular weight excluding hydrogens is 1280 g/mol. The van der Waals surface area contributed by atoms with Crippen LogP contribution < -0.4 is 28.4 Å². The van der Waals surface area contributed by atoms with E-state index in [1.54, 1.807) is 34.5 Å². The van der Waals surface area contributed by atoms with Crippen LogP contribution >= 0.6 is 0 Å². The van der Waals surface area contributed by atoms with Crippen molar-refractivity contribution in [3.8, 4) is 69.1 Å². The van der Waals surface area contributed by atoms with E-state index in [2.05, 4.69) is 253 Å². The van der Waals surface area contributed by atoms with Gasteiger partial charge in [-0.1, -0.05) is 256 Å². The van der Waals surface area contributed by atoms with Crippen LogP contribution in [0.25, 0.3) is 22.3 Å². The average molecular weight is 1400 g/mol. The first-order valence-corrected chi connectivity index (χ1v) is 36.6. The highest BCUT2D eigenvalue weighted by molar-refractivity contribution is 5.73. The lowest BCUT2D eigenvalue weighted by molar-refractivity contribution is 0.0847. The smallest absolute Gasteiger partial charge is 0.235 e. The zero-order valence-corrected chi connectivity index (χ0v) is 67.9. The van der Waals surface area contributed by atoms with E-state index < -0.39 is 12.0 Å². The predicted molar refractivity (Wildman–Crippen MR) is 436 cm³/mol. The molecule has 1 heterocycles. The minimum absolute atomic E-state index is 0.0182. The van der Waals surface area contributed by atoms with Crippen LogP contribution in [0.3, 0.4) is 0 Å². The van der Waals surface area contributed by atoms with Crippen molar-refractivity contribution < 1.29 is 37.2 Å². The number of ether oxygens (including phenoxy) is 6. The summed E-state index contributed by atoms with van der Waals surface area (Å²) in [5.74, 6) is 11.6. The first-order valence-electron chi connectivity index (χ1n) is 36.6. The van der Waals surface area contributed by atoms with Gasteiger partial charge in [-0.15, -0.1) is 6.42 Å². The number of hydrogen-bond donors (Lipinski definition) is 0. The van der Waals surface area contributed by atoms with Crippen molar-refractivity contribution >= 4 is 0 Å².